The van der Waals surface area contributed by atoms with Gasteiger partial charge in [0.05, 0.1) is 4.90 Å². The molecule has 1 aliphatic rings. The number of sulfonamides is 1. The van der Waals surface area contributed by atoms with Crippen LogP contribution in [0.4, 0.5) is 10.8 Å². The zero-order valence-corrected chi connectivity index (χ0v) is 18.6. The highest BCUT2D eigenvalue weighted by Gasteiger charge is 2.26. The number of benzene rings is 2. The maximum absolute atomic E-state index is 13.0. The molecule has 2 heterocycles. The van der Waals surface area contributed by atoms with Gasteiger partial charge in [-0.3, -0.25) is 9.52 Å². The van der Waals surface area contributed by atoms with Crippen LogP contribution >= 0.6 is 27.3 Å². The van der Waals surface area contributed by atoms with E-state index in [-0.39, 0.29) is 15.9 Å². The average molecular weight is 493 g/mol. The molecule has 0 aliphatic carbocycles. The van der Waals surface area contributed by atoms with E-state index >= 15 is 0 Å². The Balaban J connectivity index is 1.64. The summed E-state index contributed by atoms with van der Waals surface area (Å²) in [4.78, 5) is 14.8. The zero-order valence-electron chi connectivity index (χ0n) is 15.4. The van der Waals surface area contributed by atoms with Crippen LogP contribution in [-0.4, -0.2) is 31.1 Å². The molecule has 0 unspecified atom stereocenters. The van der Waals surface area contributed by atoms with E-state index < -0.39 is 10.0 Å². The molecular weight excluding hydrogens is 476 g/mol. The van der Waals surface area contributed by atoms with E-state index in [1.807, 2.05) is 12.1 Å². The highest BCUT2D eigenvalue weighted by molar-refractivity contribution is 9.10. The second kappa shape index (κ2) is 7.85. The minimum absolute atomic E-state index is 0.106. The first-order chi connectivity index (χ1) is 13.8. The summed E-state index contributed by atoms with van der Waals surface area (Å²) in [7, 11) is -3.78. The molecule has 0 bridgehead atoms. The maximum Gasteiger partial charge on any atom is 0.263 e. The second-order valence-electron chi connectivity index (χ2n) is 6.59. The number of anilines is 2. The number of rotatable bonds is 4. The van der Waals surface area contributed by atoms with E-state index in [2.05, 4.69) is 30.8 Å². The number of nitrogens with one attached hydrogen (secondary N) is 1. The summed E-state index contributed by atoms with van der Waals surface area (Å²) < 4.78 is 28.7. The predicted octanol–water partition coefficient (Wildman–Crippen LogP) is 4.00. The standard InChI is InChI=1S/C19H17BrN4O3S2/c1-12-21-22-19(28-12)23-29(26,27)16-7-8-17-13(11-16)5-3-9-24(17)18(25)14-4-2-6-15(20)10-14/h2,4,6-8,10-11H,3,5,9H2,1H3,(H,22,23). The first-order valence-corrected chi connectivity index (χ1v) is 12.0. The molecule has 7 nitrogen and oxygen atoms in total. The number of carbonyl (C=O) groups excluding carboxylic acids is 1. The Bertz CT molecular complexity index is 1190. The van der Waals surface area contributed by atoms with Crippen molar-refractivity contribution in [1.82, 2.24) is 10.2 Å². The summed E-state index contributed by atoms with van der Waals surface area (Å²) in [5.41, 5.74) is 2.15. The SMILES string of the molecule is Cc1nnc(NS(=O)(=O)c2ccc3c(c2)CCCN3C(=O)c2cccc(Br)c2)s1. The van der Waals surface area contributed by atoms with Gasteiger partial charge in [-0.2, -0.15) is 0 Å². The third-order valence-electron chi connectivity index (χ3n) is 4.54. The Hall–Kier alpha value is -2.30. The molecule has 2 aromatic carbocycles. The van der Waals surface area contributed by atoms with Crippen molar-refractivity contribution in [2.45, 2.75) is 24.7 Å². The van der Waals surface area contributed by atoms with Crippen LogP contribution in [0.1, 0.15) is 27.3 Å². The number of aryl methyl sites for hydroxylation is 2. The fourth-order valence-electron chi connectivity index (χ4n) is 3.24. The van der Waals surface area contributed by atoms with Gasteiger partial charge in [-0.25, -0.2) is 8.42 Å². The molecule has 1 aliphatic heterocycles. The predicted molar refractivity (Wildman–Crippen MR) is 116 cm³/mol. The first-order valence-electron chi connectivity index (χ1n) is 8.87. The number of hydrogen-bond donors (Lipinski definition) is 1. The zero-order chi connectivity index (χ0) is 20.6. The summed E-state index contributed by atoms with van der Waals surface area (Å²) >= 11 is 4.56. The smallest absolute Gasteiger partial charge is 0.263 e. The molecule has 29 heavy (non-hydrogen) atoms. The molecule has 0 fully saturated rings. The Kier molecular flexibility index (Phi) is 5.41. The van der Waals surface area contributed by atoms with E-state index in [4.69, 9.17) is 0 Å². The minimum atomic E-state index is -3.78. The lowest BCUT2D eigenvalue weighted by atomic mass is 10.0. The summed E-state index contributed by atoms with van der Waals surface area (Å²) in [5.74, 6) is -0.106. The van der Waals surface area contributed by atoms with Crippen LogP contribution in [0.2, 0.25) is 0 Å². The summed E-state index contributed by atoms with van der Waals surface area (Å²) in [6, 6.07) is 12.1. The van der Waals surface area contributed by atoms with Crippen molar-refractivity contribution in [2.75, 3.05) is 16.2 Å². The fourth-order valence-corrected chi connectivity index (χ4v) is 5.51. The van der Waals surface area contributed by atoms with Gasteiger partial charge in [0, 0.05) is 22.3 Å². The summed E-state index contributed by atoms with van der Waals surface area (Å²) in [5, 5.41) is 8.54. The van der Waals surface area contributed by atoms with Crippen LogP contribution < -0.4 is 9.62 Å². The topological polar surface area (TPSA) is 92.3 Å². The monoisotopic (exact) mass is 492 g/mol. The molecule has 0 radical (unpaired) electrons. The Labute approximate surface area is 181 Å². The van der Waals surface area contributed by atoms with Crippen LogP contribution in [0.25, 0.3) is 0 Å². The maximum atomic E-state index is 13.0. The lowest BCUT2D eigenvalue weighted by molar-refractivity contribution is 0.0985. The van der Waals surface area contributed by atoms with Gasteiger partial charge in [-0.05, 0) is 61.7 Å². The van der Waals surface area contributed by atoms with Crippen molar-refractivity contribution in [3.63, 3.8) is 0 Å². The van der Waals surface area contributed by atoms with Crippen molar-refractivity contribution >= 4 is 54.0 Å². The Morgan fingerprint density at radius 2 is 2.03 bits per heavy atom. The van der Waals surface area contributed by atoms with Crippen LogP contribution in [0.15, 0.2) is 51.8 Å². The molecule has 0 spiro atoms. The summed E-state index contributed by atoms with van der Waals surface area (Å²) in [6.07, 6.45) is 1.47. The van der Waals surface area contributed by atoms with Gasteiger partial charge >= 0.3 is 0 Å². The second-order valence-corrected chi connectivity index (χ2v) is 10.4. The third-order valence-corrected chi connectivity index (χ3v) is 7.26. The number of carbonyl (C=O) groups is 1. The molecule has 0 saturated carbocycles. The van der Waals surface area contributed by atoms with Gasteiger partial charge in [0.25, 0.3) is 15.9 Å². The number of aromatic nitrogens is 2. The van der Waals surface area contributed by atoms with Crippen LogP contribution in [0.5, 0.6) is 0 Å². The van der Waals surface area contributed by atoms with Gasteiger partial charge in [0.1, 0.15) is 5.01 Å². The normalized spacial score (nSPS) is 13.8. The molecule has 4 rings (SSSR count). The molecule has 0 saturated heterocycles. The molecule has 150 valence electrons. The quantitative estimate of drug-likeness (QED) is 0.593. The number of nitrogens with zero attached hydrogens (tertiary/aromatic N) is 3. The van der Waals surface area contributed by atoms with Crippen LogP contribution in [-0.2, 0) is 16.4 Å². The average Bonchev–Trinajstić information content (AvgIpc) is 3.10. The number of fused-ring (bicyclic) bond motifs is 1. The molecule has 1 amide bonds. The summed E-state index contributed by atoms with van der Waals surface area (Å²) in [6.45, 7) is 2.35. The van der Waals surface area contributed by atoms with Crippen molar-refractivity contribution in [2.24, 2.45) is 0 Å². The van der Waals surface area contributed by atoms with Gasteiger partial charge in [0.2, 0.25) is 5.13 Å². The number of amides is 1. The highest BCUT2D eigenvalue weighted by Crippen LogP contribution is 2.31. The molecular formula is C19H17BrN4O3S2. The van der Waals surface area contributed by atoms with E-state index in [1.165, 1.54) is 17.4 Å². The lowest BCUT2D eigenvalue weighted by Gasteiger charge is -2.30. The highest BCUT2D eigenvalue weighted by atomic mass is 79.9. The van der Waals surface area contributed by atoms with E-state index in [0.717, 1.165) is 22.1 Å². The van der Waals surface area contributed by atoms with Gasteiger partial charge in [-0.15, -0.1) is 10.2 Å². The minimum Gasteiger partial charge on any atom is -0.308 e. The van der Waals surface area contributed by atoms with Gasteiger partial charge in [0.15, 0.2) is 0 Å². The fraction of sp³-hybridized carbons (Fsp3) is 0.211. The Morgan fingerprint density at radius 1 is 1.21 bits per heavy atom. The van der Waals surface area contributed by atoms with E-state index in [0.29, 0.717) is 23.5 Å². The van der Waals surface area contributed by atoms with Gasteiger partial charge < -0.3 is 4.90 Å². The van der Waals surface area contributed by atoms with E-state index in [9.17, 15) is 13.2 Å². The largest absolute Gasteiger partial charge is 0.308 e. The van der Waals surface area contributed by atoms with E-state index in [1.54, 1.807) is 36.1 Å². The number of halogens is 1. The molecule has 0 atom stereocenters. The molecule has 1 aromatic heterocycles. The number of hydrogen-bond acceptors (Lipinski definition) is 6. The Morgan fingerprint density at radius 3 is 2.76 bits per heavy atom. The van der Waals surface area contributed by atoms with Crippen molar-refractivity contribution in [3.8, 4) is 0 Å². The van der Waals surface area contributed by atoms with Crippen molar-refractivity contribution < 1.29 is 13.2 Å². The van der Waals surface area contributed by atoms with Crippen molar-refractivity contribution in [1.29, 1.82) is 0 Å². The van der Waals surface area contributed by atoms with Crippen molar-refractivity contribution in [3.05, 3.63) is 63.1 Å². The third kappa shape index (κ3) is 4.19. The van der Waals surface area contributed by atoms with Crippen LogP contribution in [0.3, 0.4) is 0 Å². The lowest BCUT2D eigenvalue weighted by Crippen LogP contribution is -2.35. The van der Waals surface area contributed by atoms with Gasteiger partial charge in [-0.1, -0.05) is 33.3 Å². The molecule has 3 aromatic rings. The first kappa shape index (κ1) is 20.0. The molecule has 10 heteroatoms. The molecule has 1 N–H and O–H groups in total. The van der Waals surface area contributed by atoms with Crippen LogP contribution in [0, 0.1) is 6.92 Å².